The first-order valence-corrected chi connectivity index (χ1v) is 8.28. The monoisotopic (exact) mass is 350 g/mol. The topological polar surface area (TPSA) is 84.5 Å². The van der Waals surface area contributed by atoms with E-state index >= 15 is 0 Å². The Kier molecular flexibility index (Phi) is 6.50. The summed E-state index contributed by atoms with van der Waals surface area (Å²) in [5.74, 6) is -1.28. The van der Waals surface area contributed by atoms with Crippen LogP contribution in [0.1, 0.15) is 31.7 Å². The van der Waals surface area contributed by atoms with E-state index in [4.69, 9.17) is 4.74 Å². The van der Waals surface area contributed by atoms with Crippen LogP contribution in [-0.4, -0.2) is 37.0 Å². The Balaban J connectivity index is 2.05. The molecule has 7 heteroatoms. The van der Waals surface area contributed by atoms with Gasteiger partial charge >= 0.3 is 5.97 Å². The molecule has 2 rings (SSSR count). The van der Waals surface area contributed by atoms with E-state index < -0.39 is 24.0 Å². The van der Waals surface area contributed by atoms with Crippen molar-refractivity contribution in [3.05, 3.63) is 35.6 Å². The maximum Gasteiger partial charge on any atom is 0.328 e. The first kappa shape index (κ1) is 18.9. The number of benzene rings is 1. The van der Waals surface area contributed by atoms with Crippen LogP contribution in [0.15, 0.2) is 24.3 Å². The van der Waals surface area contributed by atoms with Crippen molar-refractivity contribution in [2.75, 3.05) is 7.11 Å². The number of hydrogen-bond acceptors (Lipinski definition) is 4. The molecule has 1 aromatic carbocycles. The lowest BCUT2D eigenvalue weighted by Crippen LogP contribution is -2.52. The summed E-state index contributed by atoms with van der Waals surface area (Å²) in [6, 6.07) is 4.12. The largest absolute Gasteiger partial charge is 0.467 e. The van der Waals surface area contributed by atoms with Crippen molar-refractivity contribution in [1.29, 1.82) is 0 Å². The lowest BCUT2D eigenvalue weighted by atomic mass is 10.0. The molecule has 1 aliphatic rings. The van der Waals surface area contributed by atoms with Crippen molar-refractivity contribution in [3.63, 3.8) is 0 Å². The van der Waals surface area contributed by atoms with Gasteiger partial charge in [0.25, 0.3) is 0 Å². The highest BCUT2D eigenvalue weighted by Gasteiger charge is 2.32. The van der Waals surface area contributed by atoms with Crippen molar-refractivity contribution in [3.8, 4) is 0 Å². The summed E-state index contributed by atoms with van der Waals surface area (Å²) in [5, 5.41) is 5.25. The molecule has 1 saturated carbocycles. The number of rotatable bonds is 8. The highest BCUT2D eigenvalue weighted by molar-refractivity contribution is 5.90. The van der Waals surface area contributed by atoms with Crippen molar-refractivity contribution >= 4 is 17.8 Å². The Morgan fingerprint density at radius 2 is 1.80 bits per heavy atom. The summed E-state index contributed by atoms with van der Waals surface area (Å²) in [6.45, 7) is 1.31. The minimum absolute atomic E-state index is 0.197. The second kappa shape index (κ2) is 8.60. The average molecular weight is 350 g/mol. The van der Waals surface area contributed by atoms with Crippen LogP contribution in [0, 0.1) is 11.7 Å². The fourth-order valence-corrected chi connectivity index (χ4v) is 2.63. The van der Waals surface area contributed by atoms with Gasteiger partial charge in [-0.2, -0.15) is 0 Å². The molecule has 0 saturated heterocycles. The van der Waals surface area contributed by atoms with E-state index in [1.165, 1.54) is 26.2 Å². The molecule has 1 aliphatic carbocycles. The molecule has 0 bridgehead atoms. The number of nitrogens with one attached hydrogen (secondary N) is 2. The second-order valence-electron chi connectivity index (χ2n) is 6.35. The Bertz CT molecular complexity index is 628. The van der Waals surface area contributed by atoms with E-state index in [2.05, 4.69) is 10.6 Å². The standard InChI is InChI=1S/C18H23FN2O4/c1-11(22)20-15(9-13-5-7-14(19)8-6-13)17(23)21-16(18(24)25-2)10-12-3-4-12/h5-8,12,15-16H,3-4,9-10H2,1-2H3,(H,20,22)(H,21,23)/t15-,16-/m0/s1. The summed E-state index contributed by atoms with van der Waals surface area (Å²) in [4.78, 5) is 35.9. The maximum absolute atomic E-state index is 13.0. The Morgan fingerprint density at radius 3 is 2.32 bits per heavy atom. The summed E-state index contributed by atoms with van der Waals surface area (Å²) in [5.41, 5.74) is 0.701. The lowest BCUT2D eigenvalue weighted by Gasteiger charge is -2.22. The first-order valence-electron chi connectivity index (χ1n) is 8.28. The predicted molar refractivity (Wildman–Crippen MR) is 89.0 cm³/mol. The number of carbonyl (C=O) groups is 3. The minimum atomic E-state index is -0.852. The Labute approximate surface area is 146 Å². The molecule has 2 atom stereocenters. The average Bonchev–Trinajstić information content (AvgIpc) is 3.38. The van der Waals surface area contributed by atoms with Gasteiger partial charge < -0.3 is 15.4 Å². The zero-order chi connectivity index (χ0) is 18.4. The fourth-order valence-electron chi connectivity index (χ4n) is 2.63. The van der Waals surface area contributed by atoms with E-state index in [0.29, 0.717) is 17.9 Å². The molecule has 0 aliphatic heterocycles. The molecule has 136 valence electrons. The third-order valence-corrected chi connectivity index (χ3v) is 4.12. The molecule has 2 N–H and O–H groups in total. The maximum atomic E-state index is 13.0. The lowest BCUT2D eigenvalue weighted by molar-refractivity contribution is -0.145. The van der Waals surface area contributed by atoms with Gasteiger partial charge in [-0.05, 0) is 30.0 Å². The molecule has 25 heavy (non-hydrogen) atoms. The van der Waals surface area contributed by atoms with Crippen LogP contribution >= 0.6 is 0 Å². The minimum Gasteiger partial charge on any atom is -0.467 e. The van der Waals surface area contributed by atoms with Gasteiger partial charge in [-0.15, -0.1) is 0 Å². The molecule has 0 unspecified atom stereocenters. The predicted octanol–water partition coefficient (Wildman–Crippen LogP) is 1.33. The molecular weight excluding hydrogens is 327 g/mol. The number of ether oxygens (including phenoxy) is 1. The van der Waals surface area contributed by atoms with Gasteiger partial charge in [-0.3, -0.25) is 9.59 Å². The van der Waals surface area contributed by atoms with Crippen LogP contribution in [0.4, 0.5) is 4.39 Å². The van der Waals surface area contributed by atoms with E-state index in [-0.39, 0.29) is 18.1 Å². The number of amides is 2. The fraction of sp³-hybridized carbons (Fsp3) is 0.500. The molecule has 0 spiro atoms. The third kappa shape index (κ3) is 6.17. The van der Waals surface area contributed by atoms with Crippen molar-refractivity contribution in [2.24, 2.45) is 5.92 Å². The van der Waals surface area contributed by atoms with E-state index in [0.717, 1.165) is 12.8 Å². The SMILES string of the molecule is COC(=O)[C@H](CC1CC1)NC(=O)[C@H](Cc1ccc(F)cc1)NC(C)=O. The van der Waals surface area contributed by atoms with Crippen molar-refractivity contribution in [2.45, 2.75) is 44.7 Å². The summed E-state index contributed by atoms with van der Waals surface area (Å²) in [6.07, 6.45) is 2.80. The highest BCUT2D eigenvalue weighted by atomic mass is 19.1. The normalized spacial score (nSPS) is 15.8. The van der Waals surface area contributed by atoms with E-state index in [1.807, 2.05) is 0 Å². The molecule has 6 nitrogen and oxygen atoms in total. The quantitative estimate of drug-likeness (QED) is 0.693. The molecule has 0 radical (unpaired) electrons. The Hall–Kier alpha value is -2.44. The number of halogens is 1. The van der Waals surface area contributed by atoms with Gasteiger partial charge in [0.05, 0.1) is 7.11 Å². The first-order chi connectivity index (χ1) is 11.9. The van der Waals surface area contributed by atoms with Gasteiger partial charge in [0.15, 0.2) is 0 Å². The van der Waals surface area contributed by atoms with Gasteiger partial charge in [-0.25, -0.2) is 9.18 Å². The molecule has 2 amide bonds. The number of esters is 1. The van der Waals surface area contributed by atoms with Crippen LogP contribution in [-0.2, 0) is 25.5 Å². The van der Waals surface area contributed by atoms with Crippen LogP contribution in [0.5, 0.6) is 0 Å². The second-order valence-corrected chi connectivity index (χ2v) is 6.35. The van der Waals surface area contributed by atoms with Gasteiger partial charge in [0.1, 0.15) is 17.9 Å². The molecule has 1 aromatic rings. The van der Waals surface area contributed by atoms with E-state index in [1.54, 1.807) is 12.1 Å². The molecule has 0 heterocycles. The smallest absolute Gasteiger partial charge is 0.328 e. The third-order valence-electron chi connectivity index (χ3n) is 4.12. The number of carbonyl (C=O) groups excluding carboxylic acids is 3. The zero-order valence-corrected chi connectivity index (χ0v) is 14.4. The van der Waals surface area contributed by atoms with E-state index in [9.17, 15) is 18.8 Å². The van der Waals surface area contributed by atoms with Crippen LogP contribution in [0.3, 0.4) is 0 Å². The zero-order valence-electron chi connectivity index (χ0n) is 14.4. The van der Waals surface area contributed by atoms with Crippen LogP contribution < -0.4 is 10.6 Å². The Morgan fingerprint density at radius 1 is 1.16 bits per heavy atom. The van der Waals surface area contributed by atoms with Crippen molar-refractivity contribution < 1.29 is 23.5 Å². The number of methoxy groups -OCH3 is 1. The summed E-state index contributed by atoms with van der Waals surface area (Å²) >= 11 is 0. The molecule has 1 fully saturated rings. The van der Waals surface area contributed by atoms with Gasteiger partial charge in [0.2, 0.25) is 11.8 Å². The van der Waals surface area contributed by atoms with Gasteiger partial charge in [0, 0.05) is 13.3 Å². The molecule has 0 aromatic heterocycles. The highest BCUT2D eigenvalue weighted by Crippen LogP contribution is 2.33. The summed E-state index contributed by atoms with van der Waals surface area (Å²) in [7, 11) is 1.28. The van der Waals surface area contributed by atoms with Crippen LogP contribution in [0.25, 0.3) is 0 Å². The van der Waals surface area contributed by atoms with Crippen molar-refractivity contribution in [1.82, 2.24) is 10.6 Å². The summed E-state index contributed by atoms with van der Waals surface area (Å²) < 4.78 is 17.8. The van der Waals surface area contributed by atoms with Gasteiger partial charge in [-0.1, -0.05) is 25.0 Å². The number of hydrogen-bond donors (Lipinski definition) is 2. The molecular formula is C18H23FN2O4. The van der Waals surface area contributed by atoms with Crippen LogP contribution in [0.2, 0.25) is 0 Å².